The van der Waals surface area contributed by atoms with Crippen LogP contribution in [0.25, 0.3) is 33.3 Å². The fourth-order valence-electron chi connectivity index (χ4n) is 9.41. The Morgan fingerprint density at radius 3 is 2.57 bits per heavy atom. The maximum Gasteiger partial charge on any atom is 0.324 e. The number of aromatic nitrogens is 2. The second-order valence-corrected chi connectivity index (χ2v) is 19.1. The van der Waals surface area contributed by atoms with Gasteiger partial charge in [-0.05, 0) is 117 Å². The monoisotopic (exact) mass is 894 g/mol. The Morgan fingerprint density at radius 1 is 1.03 bits per heavy atom. The number of hydrazine groups is 1. The number of pyridine rings is 1. The van der Waals surface area contributed by atoms with E-state index in [1.165, 1.54) is 5.01 Å². The number of hydrogen-bond acceptors (Lipinski definition) is 11. The molecule has 4 aliphatic rings. The van der Waals surface area contributed by atoms with Crippen molar-refractivity contribution < 1.29 is 38.5 Å². The summed E-state index contributed by atoms with van der Waals surface area (Å²) in [6.45, 7) is 13.8. The van der Waals surface area contributed by atoms with Crippen molar-refractivity contribution in [1.29, 1.82) is 0 Å². The van der Waals surface area contributed by atoms with Crippen LogP contribution in [0.4, 0.5) is 0 Å². The first-order valence-electron chi connectivity index (χ1n) is 23.3. The number of nitrogens with one attached hydrogen (secondary N) is 4. The highest BCUT2D eigenvalue weighted by Gasteiger charge is 2.36. The molecule has 2 aromatic carbocycles. The predicted molar refractivity (Wildman–Crippen MR) is 249 cm³/mol. The predicted octanol–water partition coefficient (Wildman–Crippen LogP) is 5.99. The first-order valence-corrected chi connectivity index (χ1v) is 23.3. The molecule has 4 unspecified atom stereocenters. The minimum Gasteiger partial charge on any atom is -0.508 e. The second-order valence-electron chi connectivity index (χ2n) is 19.1. The number of ether oxygens (including phenoxy) is 3. The smallest absolute Gasteiger partial charge is 0.324 e. The van der Waals surface area contributed by atoms with E-state index >= 15 is 0 Å². The minimum absolute atomic E-state index is 0.0439. The SMILES string of the molecule is CNC(=O)C1CCNC1.COC(C)c1ncccc1-c1c2c3cc(cc4c3n1CCCCO4)-c1cc(O)cc(c1)CC(NC(=O)CC(C)C)C(=O)N1CCCC(N1)C(=O)OCC(C)(C)C2. The molecule has 3 amide bonds. The van der Waals surface area contributed by atoms with Gasteiger partial charge in [0.15, 0.2) is 0 Å². The van der Waals surface area contributed by atoms with Gasteiger partial charge in [-0.25, -0.2) is 5.43 Å². The van der Waals surface area contributed by atoms with Crippen molar-refractivity contribution in [3.05, 3.63) is 65.5 Å². The quantitative estimate of drug-likeness (QED) is 0.137. The number of phenols is 1. The molecular weight excluding hydrogens is 827 g/mol. The van der Waals surface area contributed by atoms with Crippen molar-refractivity contribution in [1.82, 2.24) is 35.9 Å². The summed E-state index contributed by atoms with van der Waals surface area (Å²) >= 11 is 0. The van der Waals surface area contributed by atoms with Gasteiger partial charge in [0.1, 0.15) is 23.6 Å². The lowest BCUT2D eigenvalue weighted by Gasteiger charge is -2.35. The Balaban J connectivity index is 0.000000626. The number of amides is 3. The average molecular weight is 894 g/mol. The number of cyclic esters (lactones) is 1. The van der Waals surface area contributed by atoms with E-state index in [2.05, 4.69) is 51.9 Å². The molecule has 8 rings (SSSR count). The zero-order valence-corrected chi connectivity index (χ0v) is 39.1. The van der Waals surface area contributed by atoms with Gasteiger partial charge in [-0.1, -0.05) is 33.8 Å². The molecule has 0 radical (unpaired) electrons. The standard InChI is InChI=1S/C44H55N5O7.C6H12N2O/c1-26(2)17-38(51)46-36-20-28-18-29(21-31(50)19-28)30-22-33-34(24-44(4,5)25-56-43(53)35-12-10-15-49(47-35)42(36)52)40(32-11-9-13-45-39(32)27(3)54-6)48-14-7-8-16-55-37(23-30)41(33)48;1-7-6(9)5-2-3-8-4-5/h9,11,13,18-19,21-23,26-27,35-36,47,50H,7-8,10,12,14-17,20,24-25H2,1-6H3,(H,46,51);5,8H,2-4H2,1H3,(H,7,9). The summed E-state index contributed by atoms with van der Waals surface area (Å²) in [5, 5.41) is 22.4. The fraction of sp³-hybridized carbons (Fsp3) is 0.540. The molecule has 2 saturated heterocycles. The van der Waals surface area contributed by atoms with Gasteiger partial charge in [0.25, 0.3) is 5.91 Å². The van der Waals surface area contributed by atoms with Crippen LogP contribution in [0.1, 0.15) is 96.1 Å². The number of aromatic hydroxyl groups is 1. The molecule has 0 aliphatic carbocycles. The van der Waals surface area contributed by atoms with Crippen LogP contribution in [0.3, 0.4) is 0 Å². The van der Waals surface area contributed by atoms with Crippen LogP contribution in [-0.2, 0) is 48.0 Å². The number of methoxy groups -OCH3 is 1. The number of nitrogens with zero attached hydrogens (tertiary/aromatic N) is 3. The van der Waals surface area contributed by atoms with E-state index < -0.39 is 23.5 Å². The van der Waals surface area contributed by atoms with Gasteiger partial charge in [0.05, 0.1) is 42.1 Å². The first-order chi connectivity index (χ1) is 31.2. The van der Waals surface area contributed by atoms with Crippen LogP contribution in [-0.4, -0.2) is 102 Å². The number of rotatable bonds is 7. The molecule has 2 fully saturated rings. The minimum atomic E-state index is -0.943. The van der Waals surface area contributed by atoms with Crippen LogP contribution in [0, 0.1) is 17.3 Å². The van der Waals surface area contributed by atoms with Gasteiger partial charge in [0.2, 0.25) is 11.8 Å². The van der Waals surface area contributed by atoms with Crippen molar-refractivity contribution in [2.24, 2.45) is 17.3 Å². The molecule has 5 N–H and O–H groups in total. The number of benzene rings is 2. The van der Waals surface area contributed by atoms with Gasteiger partial charge in [-0.3, -0.25) is 29.2 Å². The number of hydrogen-bond donors (Lipinski definition) is 5. The Kier molecular flexibility index (Phi) is 15.2. The molecule has 350 valence electrons. The van der Waals surface area contributed by atoms with E-state index in [4.69, 9.17) is 19.2 Å². The van der Waals surface area contributed by atoms with Crippen molar-refractivity contribution in [2.45, 2.75) is 111 Å². The maximum absolute atomic E-state index is 14.2. The molecule has 4 aromatic rings. The van der Waals surface area contributed by atoms with Crippen LogP contribution in [0.2, 0.25) is 0 Å². The van der Waals surface area contributed by atoms with Crippen LogP contribution in [0.5, 0.6) is 11.5 Å². The molecular formula is C50H67N7O8. The number of phenolic OH excluding ortho intramolecular Hbond substituents is 1. The molecule has 6 bridgehead atoms. The van der Waals surface area contributed by atoms with Crippen molar-refractivity contribution in [3.63, 3.8) is 0 Å². The maximum atomic E-state index is 14.2. The van der Waals surface area contributed by atoms with Crippen LogP contribution in [0.15, 0.2) is 48.7 Å². The third kappa shape index (κ3) is 11.1. The first kappa shape index (κ1) is 47.5. The normalized spacial score (nSPS) is 21.5. The molecule has 15 heteroatoms. The Bertz CT molecular complexity index is 2370. The third-order valence-electron chi connectivity index (χ3n) is 12.7. The third-order valence-corrected chi connectivity index (χ3v) is 12.7. The summed E-state index contributed by atoms with van der Waals surface area (Å²) in [5.74, 6) is 0.234. The van der Waals surface area contributed by atoms with E-state index in [9.17, 15) is 24.3 Å². The van der Waals surface area contributed by atoms with Crippen LogP contribution < -0.4 is 26.1 Å². The summed E-state index contributed by atoms with van der Waals surface area (Å²) in [4.78, 5) is 56.8. The van der Waals surface area contributed by atoms with E-state index in [-0.39, 0.29) is 60.9 Å². The van der Waals surface area contributed by atoms with Crippen molar-refractivity contribution >= 4 is 34.6 Å². The highest BCUT2D eigenvalue weighted by molar-refractivity contribution is 5.99. The number of aryl methyl sites for hydroxylation is 1. The average Bonchev–Trinajstić information content (AvgIpc) is 3.92. The fourth-order valence-corrected chi connectivity index (χ4v) is 9.41. The molecule has 0 spiro atoms. The summed E-state index contributed by atoms with van der Waals surface area (Å²) in [7, 11) is 3.37. The van der Waals surface area contributed by atoms with E-state index in [0.29, 0.717) is 38.0 Å². The zero-order chi connectivity index (χ0) is 46.4. The molecule has 2 aromatic heterocycles. The molecule has 65 heavy (non-hydrogen) atoms. The highest BCUT2D eigenvalue weighted by atomic mass is 16.5. The molecule has 6 heterocycles. The number of carbonyl (C=O) groups excluding carboxylic acids is 4. The number of carbonyl (C=O) groups is 4. The second kappa shape index (κ2) is 20.8. The lowest BCUT2D eigenvalue weighted by atomic mass is 9.84. The van der Waals surface area contributed by atoms with Crippen molar-refractivity contribution in [2.75, 3.05) is 47.0 Å². The summed E-state index contributed by atoms with van der Waals surface area (Å²) in [6, 6.07) is 11.9. The van der Waals surface area contributed by atoms with Crippen molar-refractivity contribution in [3.8, 4) is 33.9 Å². The summed E-state index contributed by atoms with van der Waals surface area (Å²) < 4.78 is 20.9. The largest absolute Gasteiger partial charge is 0.508 e. The number of esters is 1. The molecule has 0 saturated carbocycles. The Hall–Kier alpha value is -5.51. The topological polar surface area (TPSA) is 185 Å². The lowest BCUT2D eigenvalue weighted by molar-refractivity contribution is -0.155. The molecule has 15 nitrogen and oxygen atoms in total. The Labute approximate surface area is 382 Å². The summed E-state index contributed by atoms with van der Waals surface area (Å²) in [6.07, 6.45) is 6.34. The van der Waals surface area contributed by atoms with Gasteiger partial charge in [0, 0.05) is 69.2 Å². The molecule has 4 aliphatic heterocycles. The van der Waals surface area contributed by atoms with Gasteiger partial charge < -0.3 is 39.8 Å². The van der Waals surface area contributed by atoms with Gasteiger partial charge >= 0.3 is 5.97 Å². The van der Waals surface area contributed by atoms with E-state index in [0.717, 1.165) is 89.2 Å². The van der Waals surface area contributed by atoms with E-state index in [1.54, 1.807) is 32.5 Å². The molecule has 4 atom stereocenters. The zero-order valence-electron chi connectivity index (χ0n) is 39.1. The summed E-state index contributed by atoms with van der Waals surface area (Å²) in [5.41, 5.74) is 9.76. The van der Waals surface area contributed by atoms with Gasteiger partial charge in [-0.2, -0.15) is 0 Å². The lowest BCUT2D eigenvalue weighted by Crippen LogP contribution is -2.60. The van der Waals surface area contributed by atoms with Crippen LogP contribution >= 0.6 is 0 Å². The number of fused-ring (bicyclic) bond motifs is 6. The highest BCUT2D eigenvalue weighted by Crippen LogP contribution is 2.46. The Morgan fingerprint density at radius 2 is 1.83 bits per heavy atom. The van der Waals surface area contributed by atoms with E-state index in [1.807, 2.05) is 39.0 Å². The van der Waals surface area contributed by atoms with Gasteiger partial charge in [-0.15, -0.1) is 0 Å².